The van der Waals surface area contributed by atoms with Gasteiger partial charge in [0.05, 0.1) is 5.56 Å². The smallest absolute Gasteiger partial charge is 0.251 e. The summed E-state index contributed by atoms with van der Waals surface area (Å²) in [5.41, 5.74) is 6.28. The lowest BCUT2D eigenvalue weighted by atomic mass is 10.1. The summed E-state index contributed by atoms with van der Waals surface area (Å²) in [6, 6.07) is 10.2. The van der Waals surface area contributed by atoms with Crippen LogP contribution in [-0.2, 0) is 0 Å². The molecule has 2 heterocycles. The van der Waals surface area contributed by atoms with Gasteiger partial charge in [0.15, 0.2) is 5.13 Å². The normalized spacial score (nSPS) is 15.5. The number of rotatable bonds is 7. The standard InChI is InChI=1S/C22H21F2N5O2S/c23-15-4-1-5-16(24)17(15)18(30)19-20(25)29-22(32-19)28-13-8-6-12(7-9-13)21(31)27-11-14-3-2-10-26-14/h1,4-9,14,26H,2-3,10-11,25H2,(H,27,31)(H,28,29). The number of halogens is 2. The number of aromatic nitrogens is 1. The number of thiazole rings is 1. The van der Waals surface area contributed by atoms with Gasteiger partial charge in [-0.25, -0.2) is 13.8 Å². The van der Waals surface area contributed by atoms with E-state index in [1.807, 2.05) is 0 Å². The molecule has 0 bridgehead atoms. The summed E-state index contributed by atoms with van der Waals surface area (Å²) < 4.78 is 27.9. The van der Waals surface area contributed by atoms with E-state index >= 15 is 0 Å². The van der Waals surface area contributed by atoms with E-state index in [0.717, 1.165) is 42.9 Å². The molecule has 166 valence electrons. The molecule has 1 fully saturated rings. The molecule has 1 saturated heterocycles. The molecule has 1 aliphatic heterocycles. The average Bonchev–Trinajstić information content (AvgIpc) is 3.42. The molecule has 10 heteroatoms. The number of nitrogens with one attached hydrogen (secondary N) is 3. The zero-order chi connectivity index (χ0) is 22.7. The molecule has 1 amide bonds. The number of benzene rings is 2. The van der Waals surface area contributed by atoms with Crippen LogP contribution < -0.4 is 21.7 Å². The lowest BCUT2D eigenvalue weighted by Crippen LogP contribution is -2.37. The van der Waals surface area contributed by atoms with Gasteiger partial charge in [0.25, 0.3) is 5.91 Å². The van der Waals surface area contributed by atoms with Crippen molar-refractivity contribution in [3.05, 3.63) is 70.1 Å². The van der Waals surface area contributed by atoms with Crippen LogP contribution in [0.4, 0.5) is 25.4 Å². The number of nitrogens with zero attached hydrogens (tertiary/aromatic N) is 1. The van der Waals surface area contributed by atoms with E-state index in [1.54, 1.807) is 24.3 Å². The summed E-state index contributed by atoms with van der Waals surface area (Å²) in [5, 5.41) is 9.51. The first-order valence-electron chi connectivity index (χ1n) is 10.1. The zero-order valence-corrected chi connectivity index (χ0v) is 17.8. The van der Waals surface area contributed by atoms with E-state index < -0.39 is 23.0 Å². The van der Waals surface area contributed by atoms with Crippen molar-refractivity contribution in [3.8, 4) is 0 Å². The van der Waals surface area contributed by atoms with E-state index in [-0.39, 0.29) is 21.7 Å². The van der Waals surface area contributed by atoms with Crippen molar-refractivity contribution in [2.24, 2.45) is 0 Å². The minimum atomic E-state index is -0.963. The van der Waals surface area contributed by atoms with Gasteiger partial charge in [-0.1, -0.05) is 17.4 Å². The molecular weight excluding hydrogens is 436 g/mol. The quantitative estimate of drug-likeness (QED) is 0.405. The van der Waals surface area contributed by atoms with E-state index in [9.17, 15) is 18.4 Å². The minimum absolute atomic E-state index is 0.0620. The monoisotopic (exact) mass is 457 g/mol. The van der Waals surface area contributed by atoms with Gasteiger partial charge < -0.3 is 21.7 Å². The fourth-order valence-electron chi connectivity index (χ4n) is 3.45. The number of hydrogen-bond acceptors (Lipinski definition) is 7. The van der Waals surface area contributed by atoms with Crippen LogP contribution in [0.15, 0.2) is 42.5 Å². The molecule has 1 aromatic heterocycles. The Bertz CT molecular complexity index is 1120. The van der Waals surface area contributed by atoms with Crippen LogP contribution in [0.25, 0.3) is 0 Å². The summed E-state index contributed by atoms with van der Waals surface area (Å²) in [6.45, 7) is 1.56. The summed E-state index contributed by atoms with van der Waals surface area (Å²) in [6.07, 6.45) is 2.17. The van der Waals surface area contributed by atoms with Gasteiger partial charge in [0.2, 0.25) is 5.78 Å². The number of amides is 1. The number of carbonyl (C=O) groups is 2. The SMILES string of the molecule is Nc1nc(Nc2ccc(C(=O)NCC3CCCN3)cc2)sc1C(=O)c1c(F)cccc1F. The number of nitrogens with two attached hydrogens (primary N) is 1. The highest BCUT2D eigenvalue weighted by Crippen LogP contribution is 2.31. The third-order valence-corrected chi connectivity index (χ3v) is 6.10. The van der Waals surface area contributed by atoms with E-state index in [4.69, 9.17) is 5.73 Å². The van der Waals surface area contributed by atoms with Crippen molar-refractivity contribution in [1.82, 2.24) is 15.6 Å². The number of hydrogen-bond donors (Lipinski definition) is 4. The Morgan fingerprint density at radius 3 is 2.53 bits per heavy atom. The Kier molecular flexibility index (Phi) is 6.42. The summed E-state index contributed by atoms with van der Waals surface area (Å²) in [7, 11) is 0. The number of carbonyl (C=O) groups excluding carboxylic acids is 2. The van der Waals surface area contributed by atoms with Crippen molar-refractivity contribution in [1.29, 1.82) is 0 Å². The topological polar surface area (TPSA) is 109 Å². The molecule has 1 atom stereocenters. The van der Waals surface area contributed by atoms with Crippen molar-refractivity contribution in [2.45, 2.75) is 18.9 Å². The number of anilines is 3. The fourth-order valence-corrected chi connectivity index (χ4v) is 4.30. The molecular formula is C22H21F2N5O2S. The number of ketones is 1. The lowest BCUT2D eigenvalue weighted by molar-refractivity contribution is 0.0949. The Morgan fingerprint density at radius 1 is 1.16 bits per heavy atom. The van der Waals surface area contributed by atoms with Gasteiger partial charge in [-0.15, -0.1) is 0 Å². The maximum absolute atomic E-state index is 13.9. The predicted octanol–water partition coefficient (Wildman–Crippen LogP) is 3.46. The molecule has 1 aliphatic rings. The molecule has 2 aromatic carbocycles. The molecule has 1 unspecified atom stereocenters. The van der Waals surface area contributed by atoms with Crippen molar-refractivity contribution in [2.75, 3.05) is 24.1 Å². The average molecular weight is 458 g/mol. The largest absolute Gasteiger partial charge is 0.382 e. The maximum Gasteiger partial charge on any atom is 0.251 e. The first-order chi connectivity index (χ1) is 15.4. The highest BCUT2D eigenvalue weighted by molar-refractivity contribution is 7.18. The second-order valence-corrected chi connectivity index (χ2v) is 8.36. The molecule has 7 nitrogen and oxygen atoms in total. The Hall–Kier alpha value is -3.37. The van der Waals surface area contributed by atoms with Gasteiger partial charge in [-0.3, -0.25) is 9.59 Å². The maximum atomic E-state index is 13.9. The van der Waals surface area contributed by atoms with Crippen LogP contribution in [0.5, 0.6) is 0 Å². The second kappa shape index (κ2) is 9.41. The van der Waals surface area contributed by atoms with Crippen LogP contribution in [0, 0.1) is 11.6 Å². The zero-order valence-electron chi connectivity index (χ0n) is 17.0. The summed E-state index contributed by atoms with van der Waals surface area (Å²) in [5.74, 6) is -3.08. The Balaban J connectivity index is 1.42. The van der Waals surface area contributed by atoms with E-state index in [1.165, 1.54) is 6.07 Å². The molecule has 0 spiro atoms. The van der Waals surface area contributed by atoms with Gasteiger partial charge >= 0.3 is 0 Å². The molecule has 0 saturated carbocycles. The highest BCUT2D eigenvalue weighted by atomic mass is 32.1. The second-order valence-electron chi connectivity index (χ2n) is 7.36. The van der Waals surface area contributed by atoms with Gasteiger partial charge in [0, 0.05) is 23.8 Å². The van der Waals surface area contributed by atoms with Gasteiger partial charge in [0.1, 0.15) is 22.3 Å². The van der Waals surface area contributed by atoms with E-state index in [2.05, 4.69) is 20.9 Å². The van der Waals surface area contributed by atoms with Crippen LogP contribution in [-0.4, -0.2) is 35.8 Å². The number of nitrogen functional groups attached to an aromatic ring is 1. The van der Waals surface area contributed by atoms with Crippen LogP contribution in [0.3, 0.4) is 0 Å². The third kappa shape index (κ3) is 4.76. The van der Waals surface area contributed by atoms with Gasteiger partial charge in [-0.2, -0.15) is 0 Å². The Morgan fingerprint density at radius 2 is 1.88 bits per heavy atom. The molecule has 32 heavy (non-hydrogen) atoms. The summed E-state index contributed by atoms with van der Waals surface area (Å²) in [4.78, 5) is 28.9. The summed E-state index contributed by atoms with van der Waals surface area (Å²) >= 11 is 0.891. The Labute approximate surface area is 187 Å². The lowest BCUT2D eigenvalue weighted by Gasteiger charge is -2.11. The molecule has 0 aliphatic carbocycles. The van der Waals surface area contributed by atoms with E-state index in [0.29, 0.717) is 23.8 Å². The first-order valence-corrected chi connectivity index (χ1v) is 10.9. The van der Waals surface area contributed by atoms with Crippen molar-refractivity contribution >= 4 is 39.7 Å². The predicted molar refractivity (Wildman–Crippen MR) is 119 cm³/mol. The molecule has 0 radical (unpaired) electrons. The van der Waals surface area contributed by atoms with Crippen molar-refractivity contribution in [3.63, 3.8) is 0 Å². The fraction of sp³-hybridized carbons (Fsp3) is 0.227. The molecule has 4 rings (SSSR count). The first kappa shape index (κ1) is 21.8. The molecule has 5 N–H and O–H groups in total. The van der Waals surface area contributed by atoms with Gasteiger partial charge in [-0.05, 0) is 55.8 Å². The highest BCUT2D eigenvalue weighted by Gasteiger charge is 2.24. The minimum Gasteiger partial charge on any atom is -0.382 e. The molecule has 3 aromatic rings. The van der Waals surface area contributed by atoms with Crippen LogP contribution in [0.1, 0.15) is 38.4 Å². The van der Waals surface area contributed by atoms with Crippen LogP contribution >= 0.6 is 11.3 Å². The van der Waals surface area contributed by atoms with Crippen LogP contribution in [0.2, 0.25) is 0 Å². The third-order valence-electron chi connectivity index (χ3n) is 5.12. The van der Waals surface area contributed by atoms with Crippen molar-refractivity contribution < 1.29 is 18.4 Å².